The Morgan fingerprint density at radius 3 is 2.45 bits per heavy atom. The lowest BCUT2D eigenvalue weighted by Gasteiger charge is -2.13. The molecule has 0 aliphatic rings. The molecule has 6 nitrogen and oxygen atoms in total. The number of fused-ring (bicyclic) bond motifs is 1. The van der Waals surface area contributed by atoms with Gasteiger partial charge in [-0.2, -0.15) is 13.2 Å². The first-order valence-electron chi connectivity index (χ1n) is 5.74. The lowest BCUT2D eigenvalue weighted by atomic mass is 10.0. The fourth-order valence-corrected chi connectivity index (χ4v) is 1.90. The van der Waals surface area contributed by atoms with Crippen molar-refractivity contribution in [2.24, 2.45) is 5.73 Å². The lowest BCUT2D eigenvalue weighted by Crippen LogP contribution is -2.19. The molecule has 0 unspecified atom stereocenters. The summed E-state index contributed by atoms with van der Waals surface area (Å²) >= 11 is 0. The molecule has 1 aromatic carbocycles. The van der Waals surface area contributed by atoms with Crippen molar-refractivity contribution >= 4 is 22.8 Å². The molecule has 0 radical (unpaired) electrons. The van der Waals surface area contributed by atoms with Gasteiger partial charge in [0.05, 0.1) is 10.9 Å². The van der Waals surface area contributed by atoms with Gasteiger partial charge in [0.2, 0.25) is 16.9 Å². The number of hydrogen-bond acceptors (Lipinski definition) is 6. The molecule has 116 valence electrons. The molecule has 0 saturated heterocycles. The molecule has 9 heteroatoms. The van der Waals surface area contributed by atoms with Crippen LogP contribution in [0.4, 0.5) is 13.2 Å². The van der Waals surface area contributed by atoms with E-state index in [1.807, 2.05) is 0 Å². The largest absolute Gasteiger partial charge is 0.504 e. The molecule has 0 spiro atoms. The van der Waals surface area contributed by atoms with Crippen molar-refractivity contribution in [3.05, 3.63) is 39.9 Å². The third-order valence-corrected chi connectivity index (χ3v) is 2.89. The van der Waals surface area contributed by atoms with Gasteiger partial charge in [0.15, 0.2) is 11.3 Å². The van der Waals surface area contributed by atoms with Gasteiger partial charge < -0.3 is 25.8 Å². The van der Waals surface area contributed by atoms with E-state index in [1.165, 1.54) is 0 Å². The first-order chi connectivity index (χ1) is 10.2. The molecular weight excluding hydrogens is 305 g/mol. The van der Waals surface area contributed by atoms with Crippen LogP contribution in [0, 0.1) is 5.41 Å². The fraction of sp³-hybridized carbons (Fsp3) is 0.0769. The number of alkyl halides is 3. The summed E-state index contributed by atoms with van der Waals surface area (Å²) in [6.45, 7) is 0. The van der Waals surface area contributed by atoms with Crippen LogP contribution in [0.15, 0.2) is 27.5 Å². The number of nitrogens with two attached hydrogens (primary N) is 1. The van der Waals surface area contributed by atoms with E-state index in [0.29, 0.717) is 12.4 Å². The average Bonchev–Trinajstić information content (AvgIpc) is 2.45. The third kappa shape index (κ3) is 2.26. The predicted molar refractivity (Wildman–Crippen MR) is 71.8 cm³/mol. The van der Waals surface area contributed by atoms with Crippen molar-refractivity contribution in [3.63, 3.8) is 0 Å². The number of benzene rings is 1. The van der Waals surface area contributed by atoms with E-state index in [9.17, 15) is 28.2 Å². The molecule has 2 rings (SSSR count). The van der Waals surface area contributed by atoms with Gasteiger partial charge in [0.25, 0.3) is 0 Å². The van der Waals surface area contributed by atoms with E-state index in [4.69, 9.17) is 11.1 Å². The maximum Gasteiger partial charge on any atom is 0.450 e. The Kier molecular flexibility index (Phi) is 3.57. The average molecular weight is 314 g/mol. The molecule has 0 aliphatic carbocycles. The molecule has 0 atom stereocenters. The van der Waals surface area contributed by atoms with Crippen molar-refractivity contribution in [1.82, 2.24) is 0 Å². The van der Waals surface area contributed by atoms with Crippen LogP contribution in [-0.2, 0) is 6.18 Å². The minimum atomic E-state index is -5.07. The van der Waals surface area contributed by atoms with Crippen molar-refractivity contribution < 1.29 is 27.8 Å². The Morgan fingerprint density at radius 2 is 1.95 bits per heavy atom. The Balaban J connectivity index is 3.08. The smallest absolute Gasteiger partial charge is 0.450 e. The zero-order valence-electron chi connectivity index (χ0n) is 10.7. The van der Waals surface area contributed by atoms with E-state index in [-0.39, 0.29) is 5.39 Å². The number of phenolic OH excluding ortho intramolecular Hbond substituents is 2. The van der Waals surface area contributed by atoms with Crippen LogP contribution in [0.5, 0.6) is 11.5 Å². The van der Waals surface area contributed by atoms with Gasteiger partial charge in [0, 0.05) is 18.0 Å². The number of rotatable bonds is 2. The van der Waals surface area contributed by atoms with Crippen molar-refractivity contribution in [2.75, 3.05) is 0 Å². The Labute approximate surface area is 120 Å². The number of halogens is 3. The summed E-state index contributed by atoms with van der Waals surface area (Å²) in [7, 11) is 0. The molecule has 2 aromatic rings. The molecule has 1 heterocycles. The highest BCUT2D eigenvalue weighted by Gasteiger charge is 2.40. The minimum absolute atomic E-state index is 0.389. The van der Waals surface area contributed by atoms with E-state index in [1.54, 1.807) is 0 Å². The fourth-order valence-electron chi connectivity index (χ4n) is 1.90. The van der Waals surface area contributed by atoms with Crippen LogP contribution in [0.1, 0.15) is 11.3 Å². The Bertz CT molecular complexity index is 853. The van der Waals surface area contributed by atoms with Gasteiger partial charge in [-0.1, -0.05) is 0 Å². The second-order valence-corrected chi connectivity index (χ2v) is 4.21. The Morgan fingerprint density at radius 1 is 1.32 bits per heavy atom. The van der Waals surface area contributed by atoms with Crippen LogP contribution in [0.25, 0.3) is 16.5 Å². The SMILES string of the molecule is N=C/C(=C\N)c1c(C(F)(F)F)oc2c(O)c(O)ccc2c1=O. The number of allylic oxidation sites excluding steroid dienone is 1. The van der Waals surface area contributed by atoms with Gasteiger partial charge >= 0.3 is 6.18 Å². The molecule has 0 aliphatic heterocycles. The summed E-state index contributed by atoms with van der Waals surface area (Å²) in [5.74, 6) is -3.44. The zero-order chi connectivity index (χ0) is 16.7. The molecule has 1 aromatic heterocycles. The molecular formula is C13H9F3N2O4. The predicted octanol–water partition coefficient (Wildman–Crippen LogP) is 2.17. The number of hydrogen-bond donors (Lipinski definition) is 4. The molecule has 0 saturated carbocycles. The highest BCUT2D eigenvalue weighted by atomic mass is 19.4. The third-order valence-electron chi connectivity index (χ3n) is 2.89. The number of aromatic hydroxyl groups is 2. The summed E-state index contributed by atoms with van der Waals surface area (Å²) < 4.78 is 43.9. The molecule has 0 bridgehead atoms. The first kappa shape index (κ1) is 15.4. The lowest BCUT2D eigenvalue weighted by molar-refractivity contribution is -0.153. The standard InChI is InChI=1S/C13H9F3N2O4/c14-13(15,16)12-8(5(3-17)4-18)9(20)6-1-2-7(19)10(21)11(6)22-12/h1-4,17,19,21H,18H2/b5-4+,17-3?. The first-order valence-corrected chi connectivity index (χ1v) is 5.74. The number of phenols is 2. The van der Waals surface area contributed by atoms with Crippen LogP contribution in [0.3, 0.4) is 0 Å². The van der Waals surface area contributed by atoms with Crippen molar-refractivity contribution in [1.29, 1.82) is 5.41 Å². The topological polar surface area (TPSA) is 121 Å². The van der Waals surface area contributed by atoms with E-state index < -0.39 is 45.6 Å². The van der Waals surface area contributed by atoms with Crippen molar-refractivity contribution in [2.45, 2.75) is 6.18 Å². The van der Waals surface area contributed by atoms with Gasteiger partial charge in [-0.3, -0.25) is 4.79 Å². The summed E-state index contributed by atoms with van der Waals surface area (Å²) in [5, 5.41) is 25.6. The molecule has 22 heavy (non-hydrogen) atoms. The van der Waals surface area contributed by atoms with Crippen LogP contribution >= 0.6 is 0 Å². The summed E-state index contributed by atoms with van der Waals surface area (Å²) in [6, 6.07) is 1.93. The van der Waals surface area contributed by atoms with E-state index in [0.717, 1.165) is 12.1 Å². The van der Waals surface area contributed by atoms with Crippen molar-refractivity contribution in [3.8, 4) is 11.5 Å². The number of nitrogens with one attached hydrogen (secondary N) is 1. The van der Waals surface area contributed by atoms with Gasteiger partial charge in [-0.15, -0.1) is 0 Å². The van der Waals surface area contributed by atoms with E-state index >= 15 is 0 Å². The summed E-state index contributed by atoms with van der Waals surface area (Å²) in [5.41, 5.74) is 1.77. The zero-order valence-corrected chi connectivity index (χ0v) is 10.7. The second kappa shape index (κ2) is 5.10. The maximum absolute atomic E-state index is 13.1. The highest BCUT2D eigenvalue weighted by Crippen LogP contribution is 2.39. The molecule has 0 amide bonds. The summed E-state index contributed by atoms with van der Waals surface area (Å²) in [6.07, 6.45) is -3.92. The normalized spacial score (nSPS) is 12.6. The quantitative estimate of drug-likeness (QED) is 0.500. The van der Waals surface area contributed by atoms with Gasteiger partial charge in [-0.25, -0.2) is 0 Å². The maximum atomic E-state index is 13.1. The van der Waals surface area contributed by atoms with Crippen LogP contribution in [0.2, 0.25) is 0 Å². The van der Waals surface area contributed by atoms with Gasteiger partial charge in [-0.05, 0) is 12.1 Å². The molecule has 5 N–H and O–H groups in total. The highest BCUT2D eigenvalue weighted by molar-refractivity contribution is 6.09. The molecule has 0 fully saturated rings. The van der Waals surface area contributed by atoms with E-state index in [2.05, 4.69) is 4.42 Å². The second-order valence-electron chi connectivity index (χ2n) is 4.21. The van der Waals surface area contributed by atoms with Gasteiger partial charge in [0.1, 0.15) is 0 Å². The minimum Gasteiger partial charge on any atom is -0.504 e. The Hall–Kier alpha value is -2.97. The summed E-state index contributed by atoms with van der Waals surface area (Å²) in [4.78, 5) is 12.3. The van der Waals surface area contributed by atoms with Crippen LogP contribution < -0.4 is 11.2 Å². The van der Waals surface area contributed by atoms with Crippen LogP contribution in [-0.4, -0.2) is 16.4 Å². The monoisotopic (exact) mass is 314 g/mol.